The molecular formula is C11H20N4O4S. The fourth-order valence-corrected chi connectivity index (χ4v) is 1.35. The first kappa shape index (κ1) is 18.4. The van der Waals surface area contributed by atoms with E-state index in [9.17, 15) is 14.7 Å². The molecule has 0 saturated carbocycles. The van der Waals surface area contributed by atoms with Gasteiger partial charge in [-0.2, -0.15) is 0 Å². The number of carboxylic acids is 2. The van der Waals surface area contributed by atoms with Crippen molar-refractivity contribution in [3.8, 4) is 0 Å². The summed E-state index contributed by atoms with van der Waals surface area (Å²) in [4.78, 5) is 26.8. The van der Waals surface area contributed by atoms with Crippen molar-refractivity contribution in [2.75, 3.05) is 27.7 Å². The van der Waals surface area contributed by atoms with E-state index >= 15 is 0 Å². The van der Waals surface area contributed by atoms with Crippen LogP contribution in [-0.4, -0.2) is 65.2 Å². The summed E-state index contributed by atoms with van der Waals surface area (Å²) < 4.78 is 0.419. The highest BCUT2D eigenvalue weighted by molar-refractivity contribution is 7.80. The molecule has 0 aromatic carbocycles. The van der Waals surface area contributed by atoms with Gasteiger partial charge in [0, 0.05) is 12.6 Å². The Bertz CT molecular complexity index is 456. The maximum absolute atomic E-state index is 10.3. The van der Waals surface area contributed by atoms with E-state index in [4.69, 9.17) is 10.8 Å². The molecule has 20 heavy (non-hydrogen) atoms. The normalized spacial score (nSPS) is 12.2. The second-order valence-electron chi connectivity index (χ2n) is 5.18. The Morgan fingerprint density at radius 1 is 1.55 bits per heavy atom. The number of hydrogen-bond acceptors (Lipinski definition) is 6. The summed E-state index contributed by atoms with van der Waals surface area (Å²) in [6.07, 6.45) is 1.80. The van der Waals surface area contributed by atoms with Gasteiger partial charge in [-0.3, -0.25) is 4.79 Å². The van der Waals surface area contributed by atoms with Crippen molar-refractivity contribution in [3.05, 3.63) is 11.9 Å². The highest BCUT2D eigenvalue weighted by Crippen LogP contribution is 2.02. The molecule has 0 amide bonds. The first-order valence-corrected chi connectivity index (χ1v) is 6.18. The topological polar surface area (TPSA) is 132 Å². The third kappa shape index (κ3) is 9.36. The first-order chi connectivity index (χ1) is 9.01. The maximum Gasteiger partial charge on any atom is 0.320 e. The number of imidazole rings is 1. The molecule has 8 nitrogen and oxygen atoms in total. The molecule has 4 N–H and O–H groups in total. The van der Waals surface area contributed by atoms with E-state index in [0.29, 0.717) is 15.3 Å². The first-order valence-electron chi connectivity index (χ1n) is 5.73. The highest BCUT2D eigenvalue weighted by atomic mass is 32.1. The molecular weight excluding hydrogens is 284 g/mol. The Morgan fingerprint density at radius 2 is 2.10 bits per heavy atom. The molecule has 1 rings (SSSR count). The number of aromatic amines is 1. The molecule has 9 heteroatoms. The van der Waals surface area contributed by atoms with Crippen molar-refractivity contribution in [2.24, 2.45) is 5.73 Å². The van der Waals surface area contributed by atoms with Crippen LogP contribution in [0.2, 0.25) is 0 Å². The number of hydrogen-bond donors (Lipinski definition) is 4. The number of quaternary nitrogens is 1. The van der Waals surface area contributed by atoms with E-state index in [1.165, 1.54) is 0 Å². The average molecular weight is 304 g/mol. The van der Waals surface area contributed by atoms with Crippen molar-refractivity contribution in [3.63, 3.8) is 0 Å². The third-order valence-corrected chi connectivity index (χ3v) is 2.20. The Balaban J connectivity index is 0.000000396. The molecule has 0 spiro atoms. The smallest absolute Gasteiger partial charge is 0.320 e. The number of aromatic nitrogens is 2. The van der Waals surface area contributed by atoms with Crippen LogP contribution in [0.1, 0.15) is 5.69 Å². The summed E-state index contributed by atoms with van der Waals surface area (Å²) in [5.74, 6) is -2.03. The van der Waals surface area contributed by atoms with Gasteiger partial charge in [0.25, 0.3) is 0 Å². The summed E-state index contributed by atoms with van der Waals surface area (Å²) in [6, 6.07) is -0.902. The summed E-state index contributed by atoms with van der Waals surface area (Å²) in [7, 11) is 5.40. The minimum absolute atomic E-state index is 0.0694. The molecule has 1 atom stereocenters. The van der Waals surface area contributed by atoms with Gasteiger partial charge in [0.2, 0.25) is 0 Å². The summed E-state index contributed by atoms with van der Waals surface area (Å²) >= 11 is 3.92. The number of carboxylic acid groups (broad SMARTS) is 2. The van der Waals surface area contributed by atoms with Crippen LogP contribution in [-0.2, 0) is 16.0 Å². The molecule has 0 saturated heterocycles. The summed E-state index contributed by atoms with van der Waals surface area (Å²) in [5, 5.41) is 18.8. The van der Waals surface area contributed by atoms with E-state index in [0.717, 1.165) is 0 Å². The monoisotopic (exact) mass is 304 g/mol. The molecule has 1 unspecified atom stereocenters. The van der Waals surface area contributed by atoms with Gasteiger partial charge in [-0.1, -0.05) is 0 Å². The molecule has 1 aromatic rings. The van der Waals surface area contributed by atoms with E-state index in [-0.39, 0.29) is 13.0 Å². The van der Waals surface area contributed by atoms with E-state index in [2.05, 4.69) is 22.6 Å². The van der Waals surface area contributed by atoms with Gasteiger partial charge >= 0.3 is 5.97 Å². The van der Waals surface area contributed by atoms with Crippen LogP contribution < -0.4 is 10.8 Å². The Kier molecular flexibility index (Phi) is 7.25. The van der Waals surface area contributed by atoms with Gasteiger partial charge in [-0.15, -0.1) is 12.6 Å². The molecule has 1 aromatic heterocycles. The van der Waals surface area contributed by atoms with Gasteiger partial charge < -0.3 is 30.2 Å². The van der Waals surface area contributed by atoms with Gasteiger partial charge in [0.15, 0.2) is 5.16 Å². The average Bonchev–Trinajstić information content (AvgIpc) is 2.60. The summed E-state index contributed by atoms with van der Waals surface area (Å²) in [5.41, 5.74) is 5.89. The standard InChI is InChI=1S/C6H9N3O2S.C5H11NO2/c7-4(5(10)11)1-3-2-8-6(12)9-3;1-6(2,3)4-5(7)8/h2,4H,1,7H2,(H,10,11)(H2,8,9,12);4H2,1-3H3. The zero-order chi connectivity index (χ0) is 15.9. The largest absolute Gasteiger partial charge is 0.544 e. The SMILES string of the molecule is C[N+](C)(C)CC(=O)[O-].NC(Cc1c[nH]c(S)n1)C(=O)O. The number of likely N-dealkylation sites (N-methyl/N-ethyl adjacent to an activating group) is 1. The Hall–Kier alpha value is -1.58. The number of carbonyl (C=O) groups excluding carboxylic acids is 1. The fourth-order valence-electron chi connectivity index (χ4n) is 1.15. The zero-order valence-corrected chi connectivity index (χ0v) is 12.6. The number of nitrogens with two attached hydrogens (primary N) is 1. The molecule has 0 fully saturated rings. The molecule has 1 heterocycles. The van der Waals surface area contributed by atoms with Crippen molar-refractivity contribution in [1.82, 2.24) is 9.97 Å². The van der Waals surface area contributed by atoms with Gasteiger partial charge in [-0.05, 0) is 0 Å². The highest BCUT2D eigenvalue weighted by Gasteiger charge is 2.13. The molecule has 114 valence electrons. The molecule has 0 bridgehead atoms. The lowest BCUT2D eigenvalue weighted by molar-refractivity contribution is -0.864. The molecule has 0 aliphatic rings. The Labute approximate surface area is 122 Å². The third-order valence-electron chi connectivity index (χ3n) is 1.97. The second kappa shape index (κ2) is 7.88. The minimum Gasteiger partial charge on any atom is -0.544 e. The van der Waals surface area contributed by atoms with Crippen LogP contribution in [0.4, 0.5) is 0 Å². The minimum atomic E-state index is -1.03. The Morgan fingerprint density at radius 3 is 2.35 bits per heavy atom. The summed E-state index contributed by atoms with van der Waals surface area (Å²) in [6.45, 7) is 0.0694. The molecule has 0 aliphatic carbocycles. The van der Waals surface area contributed by atoms with Crippen molar-refractivity contribution < 1.29 is 24.3 Å². The van der Waals surface area contributed by atoms with Crippen LogP contribution in [0.3, 0.4) is 0 Å². The van der Waals surface area contributed by atoms with Gasteiger partial charge in [0.1, 0.15) is 12.6 Å². The lowest BCUT2D eigenvalue weighted by Gasteiger charge is -2.23. The number of nitrogens with one attached hydrogen (secondary N) is 1. The predicted molar refractivity (Wildman–Crippen MR) is 73.1 cm³/mol. The van der Waals surface area contributed by atoms with E-state index < -0.39 is 18.0 Å². The van der Waals surface area contributed by atoms with Crippen LogP contribution in [0.25, 0.3) is 0 Å². The van der Waals surface area contributed by atoms with Crippen LogP contribution in [0, 0.1) is 0 Å². The van der Waals surface area contributed by atoms with Crippen LogP contribution in [0.15, 0.2) is 11.4 Å². The van der Waals surface area contributed by atoms with Crippen LogP contribution >= 0.6 is 12.6 Å². The number of H-pyrrole nitrogens is 1. The second-order valence-corrected chi connectivity index (χ2v) is 5.61. The fraction of sp³-hybridized carbons (Fsp3) is 0.545. The van der Waals surface area contributed by atoms with Crippen molar-refractivity contribution in [2.45, 2.75) is 17.6 Å². The number of rotatable bonds is 5. The number of aliphatic carboxylic acids is 2. The number of thiol groups is 1. The van der Waals surface area contributed by atoms with Crippen molar-refractivity contribution in [1.29, 1.82) is 0 Å². The quantitative estimate of drug-likeness (QED) is 0.371. The predicted octanol–water partition coefficient (Wildman–Crippen LogP) is -1.90. The van der Waals surface area contributed by atoms with Gasteiger partial charge in [0.05, 0.1) is 32.8 Å². The van der Waals surface area contributed by atoms with Crippen LogP contribution in [0.5, 0.6) is 0 Å². The number of carbonyl (C=O) groups is 2. The van der Waals surface area contributed by atoms with Gasteiger partial charge in [-0.25, -0.2) is 4.98 Å². The molecule has 0 radical (unpaired) electrons. The lowest BCUT2D eigenvalue weighted by Crippen LogP contribution is -2.45. The zero-order valence-electron chi connectivity index (χ0n) is 11.7. The molecule has 0 aliphatic heterocycles. The number of nitrogens with zero attached hydrogens (tertiary/aromatic N) is 2. The van der Waals surface area contributed by atoms with E-state index in [1.54, 1.807) is 27.3 Å². The van der Waals surface area contributed by atoms with Crippen molar-refractivity contribution >= 4 is 24.6 Å². The maximum atomic E-state index is 10.3. The lowest BCUT2D eigenvalue weighted by atomic mass is 10.2. The van der Waals surface area contributed by atoms with E-state index in [1.807, 2.05) is 0 Å².